The van der Waals surface area contributed by atoms with E-state index < -0.39 is 0 Å². The lowest BCUT2D eigenvalue weighted by molar-refractivity contribution is -0.126. The van der Waals surface area contributed by atoms with Crippen LogP contribution in [0.25, 0.3) is 0 Å². The summed E-state index contributed by atoms with van der Waals surface area (Å²) in [4.78, 5) is 23.6. The Hall–Kier alpha value is -1.19. The molecule has 0 unspecified atom stereocenters. The molecule has 2 aliphatic carbocycles. The molecule has 2 saturated carbocycles. The Morgan fingerprint density at radius 3 is 2.53 bits per heavy atom. The van der Waals surface area contributed by atoms with Crippen molar-refractivity contribution in [2.75, 3.05) is 0 Å². The van der Waals surface area contributed by atoms with E-state index >= 15 is 0 Å². The van der Waals surface area contributed by atoms with Gasteiger partial charge >= 0.3 is 0 Å². The van der Waals surface area contributed by atoms with Gasteiger partial charge in [-0.3, -0.25) is 9.59 Å². The van der Waals surface area contributed by atoms with Gasteiger partial charge in [0.2, 0.25) is 5.91 Å². The van der Waals surface area contributed by atoms with Crippen LogP contribution >= 0.6 is 0 Å². The number of nitrogens with one attached hydrogen (secondary N) is 1. The zero-order valence-corrected chi connectivity index (χ0v) is 12.0. The fourth-order valence-electron chi connectivity index (χ4n) is 3.17. The number of carbonyl (C=O) groups is 2. The molecular weight excluding hydrogens is 240 g/mol. The summed E-state index contributed by atoms with van der Waals surface area (Å²) in [5.41, 5.74) is 3.48. The molecule has 4 nitrogen and oxygen atoms in total. The fourth-order valence-corrected chi connectivity index (χ4v) is 3.17. The van der Waals surface area contributed by atoms with Gasteiger partial charge in [-0.2, -0.15) is 5.10 Å². The van der Waals surface area contributed by atoms with Crippen molar-refractivity contribution < 1.29 is 9.59 Å². The van der Waals surface area contributed by atoms with E-state index in [-0.39, 0.29) is 23.0 Å². The average Bonchev–Trinajstić information content (AvgIpc) is 2.34. The number of rotatable bonds is 2. The number of ketones is 1. The first-order valence-electron chi connectivity index (χ1n) is 7.33. The van der Waals surface area contributed by atoms with Gasteiger partial charge in [0.1, 0.15) is 5.78 Å². The molecule has 1 amide bonds. The molecule has 0 aromatic carbocycles. The number of Topliss-reactive ketones (excluding diaryl/α,β-unsaturated/α-hetero) is 1. The second kappa shape index (κ2) is 5.85. The van der Waals surface area contributed by atoms with Crippen LogP contribution in [0.4, 0.5) is 0 Å². The topological polar surface area (TPSA) is 58.5 Å². The van der Waals surface area contributed by atoms with E-state index in [0.29, 0.717) is 12.8 Å². The van der Waals surface area contributed by atoms with E-state index in [2.05, 4.69) is 24.4 Å². The van der Waals surface area contributed by atoms with E-state index in [4.69, 9.17) is 0 Å². The summed E-state index contributed by atoms with van der Waals surface area (Å²) in [6.45, 7) is 4.14. The lowest BCUT2D eigenvalue weighted by atomic mass is 9.76. The summed E-state index contributed by atoms with van der Waals surface area (Å²) in [6.07, 6.45) is 7.27. The molecule has 0 bridgehead atoms. The highest BCUT2D eigenvalue weighted by Gasteiger charge is 2.30. The Balaban J connectivity index is 1.90. The first-order chi connectivity index (χ1) is 8.96. The predicted octanol–water partition coefficient (Wildman–Crippen LogP) is 2.82. The van der Waals surface area contributed by atoms with Crippen molar-refractivity contribution in [1.82, 2.24) is 5.43 Å². The monoisotopic (exact) mass is 264 g/mol. The van der Waals surface area contributed by atoms with E-state index in [0.717, 1.165) is 37.8 Å². The van der Waals surface area contributed by atoms with Crippen molar-refractivity contribution in [3.05, 3.63) is 0 Å². The molecule has 1 N–H and O–H groups in total. The summed E-state index contributed by atoms with van der Waals surface area (Å²) < 4.78 is 0. The zero-order chi connectivity index (χ0) is 13.9. The van der Waals surface area contributed by atoms with E-state index in [9.17, 15) is 9.59 Å². The first-order valence-corrected chi connectivity index (χ1v) is 7.33. The quantitative estimate of drug-likeness (QED) is 0.780. The molecule has 0 atom stereocenters. The maximum atomic E-state index is 12.0. The molecule has 0 spiro atoms. The Bertz CT molecular complexity index is 393. The zero-order valence-electron chi connectivity index (χ0n) is 12.0. The van der Waals surface area contributed by atoms with Crippen LogP contribution in [0.1, 0.15) is 65.2 Å². The highest BCUT2D eigenvalue weighted by atomic mass is 16.2. The smallest absolute Gasteiger partial charge is 0.243 e. The Labute approximate surface area is 115 Å². The van der Waals surface area contributed by atoms with Crippen molar-refractivity contribution in [3.8, 4) is 0 Å². The van der Waals surface area contributed by atoms with Crippen LogP contribution in [0.5, 0.6) is 0 Å². The van der Waals surface area contributed by atoms with Crippen LogP contribution in [0.2, 0.25) is 0 Å². The van der Waals surface area contributed by atoms with Crippen molar-refractivity contribution in [3.63, 3.8) is 0 Å². The highest BCUT2D eigenvalue weighted by Crippen LogP contribution is 2.31. The van der Waals surface area contributed by atoms with Crippen LogP contribution in [0.15, 0.2) is 5.10 Å². The van der Waals surface area contributed by atoms with Crippen molar-refractivity contribution in [2.45, 2.75) is 65.2 Å². The molecule has 0 radical (unpaired) electrons. The van der Waals surface area contributed by atoms with Crippen LogP contribution in [-0.4, -0.2) is 17.4 Å². The van der Waals surface area contributed by atoms with E-state index in [1.54, 1.807) is 0 Å². The van der Waals surface area contributed by atoms with Crippen LogP contribution in [0, 0.1) is 11.3 Å². The molecule has 2 rings (SSSR count). The van der Waals surface area contributed by atoms with Gasteiger partial charge in [0, 0.05) is 24.5 Å². The number of carbonyl (C=O) groups excluding carboxylic acids is 2. The second-order valence-corrected chi connectivity index (χ2v) is 6.72. The summed E-state index contributed by atoms with van der Waals surface area (Å²) in [5.74, 6) is 0.371. The molecular formula is C15H24N2O2. The molecule has 0 heterocycles. The van der Waals surface area contributed by atoms with Crippen molar-refractivity contribution in [2.24, 2.45) is 16.4 Å². The number of amides is 1. The number of hydrogen-bond donors (Lipinski definition) is 1. The van der Waals surface area contributed by atoms with Gasteiger partial charge in [-0.15, -0.1) is 0 Å². The molecule has 2 fully saturated rings. The molecule has 106 valence electrons. The Kier molecular flexibility index (Phi) is 4.38. The predicted molar refractivity (Wildman–Crippen MR) is 74.8 cm³/mol. The molecule has 2 aliphatic rings. The van der Waals surface area contributed by atoms with Gasteiger partial charge in [0.05, 0.1) is 0 Å². The number of hydrazone groups is 1. The van der Waals surface area contributed by atoms with Crippen LogP contribution in [0.3, 0.4) is 0 Å². The van der Waals surface area contributed by atoms with Gasteiger partial charge in [-0.25, -0.2) is 5.43 Å². The van der Waals surface area contributed by atoms with E-state index in [1.807, 2.05) is 0 Å². The average molecular weight is 264 g/mol. The van der Waals surface area contributed by atoms with Gasteiger partial charge in [-0.1, -0.05) is 33.1 Å². The second-order valence-electron chi connectivity index (χ2n) is 6.72. The fraction of sp³-hybridized carbons (Fsp3) is 0.800. The first kappa shape index (κ1) is 14.2. The van der Waals surface area contributed by atoms with Crippen molar-refractivity contribution in [1.29, 1.82) is 0 Å². The largest absolute Gasteiger partial charge is 0.299 e. The Morgan fingerprint density at radius 2 is 1.89 bits per heavy atom. The van der Waals surface area contributed by atoms with Gasteiger partial charge in [-0.05, 0) is 24.7 Å². The van der Waals surface area contributed by atoms with Gasteiger partial charge in [0.25, 0.3) is 0 Å². The standard InChI is InChI=1S/C15H24N2O2/c1-15(2)9-12(8-13(18)10-15)16-17-14(19)11-6-4-3-5-7-11/h11H,3-10H2,1-2H3,(H,17,19)/b16-12-. The summed E-state index contributed by atoms with van der Waals surface area (Å²) >= 11 is 0. The maximum Gasteiger partial charge on any atom is 0.243 e. The molecule has 0 saturated heterocycles. The Morgan fingerprint density at radius 1 is 1.21 bits per heavy atom. The van der Waals surface area contributed by atoms with Gasteiger partial charge < -0.3 is 0 Å². The molecule has 0 aromatic rings. The highest BCUT2D eigenvalue weighted by molar-refractivity contribution is 6.05. The summed E-state index contributed by atoms with van der Waals surface area (Å²) in [5, 5.41) is 4.20. The summed E-state index contributed by atoms with van der Waals surface area (Å²) in [7, 11) is 0. The molecule has 19 heavy (non-hydrogen) atoms. The third-order valence-electron chi connectivity index (χ3n) is 4.06. The lowest BCUT2D eigenvalue weighted by Crippen LogP contribution is -2.33. The van der Waals surface area contributed by atoms with Crippen molar-refractivity contribution >= 4 is 17.4 Å². The molecule has 0 aliphatic heterocycles. The third-order valence-corrected chi connectivity index (χ3v) is 4.06. The minimum atomic E-state index is -0.0241. The molecule has 4 heteroatoms. The normalized spacial score (nSPS) is 26.4. The van der Waals surface area contributed by atoms with Crippen LogP contribution in [-0.2, 0) is 9.59 Å². The maximum absolute atomic E-state index is 12.0. The lowest BCUT2D eigenvalue weighted by Gasteiger charge is -2.29. The van der Waals surface area contributed by atoms with Gasteiger partial charge in [0.15, 0.2) is 0 Å². The van der Waals surface area contributed by atoms with E-state index in [1.165, 1.54) is 6.42 Å². The molecule has 0 aromatic heterocycles. The summed E-state index contributed by atoms with van der Waals surface area (Å²) in [6, 6.07) is 0. The SMILES string of the molecule is CC1(C)CC(=O)C/C(=N/NC(=O)C2CCCCC2)C1. The third kappa shape index (κ3) is 4.15. The number of hydrogen-bond acceptors (Lipinski definition) is 3. The minimum absolute atomic E-state index is 0.0241. The minimum Gasteiger partial charge on any atom is -0.299 e. The van der Waals surface area contributed by atoms with Crippen LogP contribution < -0.4 is 5.43 Å². The number of nitrogens with zero attached hydrogens (tertiary/aromatic N) is 1.